The average Bonchev–Trinajstić information content (AvgIpc) is 2.59. The first-order valence-electron chi connectivity index (χ1n) is 7.82. The van der Waals surface area contributed by atoms with Gasteiger partial charge < -0.3 is 10.6 Å². The Morgan fingerprint density at radius 3 is 2.52 bits per heavy atom. The number of carbonyl (C=O) groups excluding carboxylic acids is 2. The van der Waals surface area contributed by atoms with Gasteiger partial charge in [-0.05, 0) is 48.4 Å². The zero-order valence-electron chi connectivity index (χ0n) is 13.7. The van der Waals surface area contributed by atoms with E-state index in [2.05, 4.69) is 10.6 Å². The lowest BCUT2D eigenvalue weighted by atomic mass is 10.2. The molecule has 2 amide bonds. The topological polar surface area (TPSA) is 58.2 Å². The predicted octanol–water partition coefficient (Wildman–Crippen LogP) is 4.27. The van der Waals surface area contributed by atoms with Crippen LogP contribution >= 0.6 is 11.6 Å². The van der Waals surface area contributed by atoms with Crippen molar-refractivity contribution in [2.24, 2.45) is 0 Å². The predicted molar refractivity (Wildman–Crippen MR) is 98.1 cm³/mol. The maximum atomic E-state index is 12.8. The van der Waals surface area contributed by atoms with Crippen LogP contribution in [0.25, 0.3) is 6.08 Å². The molecule has 0 fully saturated rings. The van der Waals surface area contributed by atoms with Crippen LogP contribution in [0.1, 0.15) is 29.3 Å². The molecule has 0 heterocycles. The second-order valence-corrected chi connectivity index (χ2v) is 5.73. The molecular formula is C19H18ClFN2O2. The van der Waals surface area contributed by atoms with Crippen LogP contribution in [-0.2, 0) is 4.79 Å². The fourth-order valence-corrected chi connectivity index (χ4v) is 2.31. The van der Waals surface area contributed by atoms with Crippen molar-refractivity contribution in [3.8, 4) is 0 Å². The molecule has 25 heavy (non-hydrogen) atoms. The smallest absolute Gasteiger partial charge is 0.252 e. The van der Waals surface area contributed by atoms with Crippen molar-refractivity contribution in [2.75, 3.05) is 11.9 Å². The van der Waals surface area contributed by atoms with E-state index in [0.29, 0.717) is 23.4 Å². The Bertz CT molecular complexity index is 789. The molecule has 0 saturated heterocycles. The van der Waals surface area contributed by atoms with Crippen molar-refractivity contribution in [3.05, 3.63) is 70.5 Å². The molecule has 0 saturated carbocycles. The summed E-state index contributed by atoms with van der Waals surface area (Å²) in [6.45, 7) is 2.53. The Morgan fingerprint density at radius 2 is 1.88 bits per heavy atom. The number of hydrogen-bond acceptors (Lipinski definition) is 2. The zero-order chi connectivity index (χ0) is 18.2. The standard InChI is InChI=1S/C19H18ClFN2O2/c1-2-11-22-19(25)16-9-8-15(12-17(16)20)23-18(24)10-5-13-3-6-14(21)7-4-13/h3-10,12H,2,11H2,1H3,(H,22,25)(H,23,24). The fraction of sp³-hybridized carbons (Fsp3) is 0.158. The molecule has 0 aliphatic rings. The van der Waals surface area contributed by atoms with Crippen molar-refractivity contribution in [1.82, 2.24) is 5.32 Å². The second kappa shape index (κ2) is 8.99. The summed E-state index contributed by atoms with van der Waals surface area (Å²) >= 11 is 6.11. The van der Waals surface area contributed by atoms with Gasteiger partial charge in [0.2, 0.25) is 5.91 Å². The van der Waals surface area contributed by atoms with Crippen LogP contribution in [0.4, 0.5) is 10.1 Å². The minimum absolute atomic E-state index is 0.249. The quantitative estimate of drug-likeness (QED) is 0.756. The van der Waals surface area contributed by atoms with Gasteiger partial charge in [0, 0.05) is 18.3 Å². The van der Waals surface area contributed by atoms with Gasteiger partial charge in [0.05, 0.1) is 10.6 Å². The van der Waals surface area contributed by atoms with E-state index in [1.165, 1.54) is 24.3 Å². The Kier molecular flexibility index (Phi) is 6.71. The molecule has 6 heteroatoms. The Morgan fingerprint density at radius 1 is 1.16 bits per heavy atom. The molecule has 2 aromatic rings. The van der Waals surface area contributed by atoms with Gasteiger partial charge in [0.15, 0.2) is 0 Å². The molecule has 130 valence electrons. The van der Waals surface area contributed by atoms with Crippen molar-refractivity contribution >= 4 is 35.2 Å². The molecule has 4 nitrogen and oxygen atoms in total. The highest BCUT2D eigenvalue weighted by atomic mass is 35.5. The molecule has 2 rings (SSSR count). The summed E-state index contributed by atoms with van der Waals surface area (Å²) in [6.07, 6.45) is 3.74. The first kappa shape index (κ1) is 18.7. The lowest BCUT2D eigenvalue weighted by Gasteiger charge is -2.08. The molecule has 0 radical (unpaired) electrons. The fourth-order valence-electron chi connectivity index (χ4n) is 2.04. The molecular weight excluding hydrogens is 343 g/mol. The third-order valence-electron chi connectivity index (χ3n) is 3.31. The lowest BCUT2D eigenvalue weighted by molar-refractivity contribution is -0.111. The molecule has 0 bridgehead atoms. The van der Waals surface area contributed by atoms with E-state index in [1.807, 2.05) is 6.92 Å². The summed E-state index contributed by atoms with van der Waals surface area (Å²) < 4.78 is 12.8. The molecule has 0 aliphatic heterocycles. The number of amides is 2. The minimum Gasteiger partial charge on any atom is -0.352 e. The van der Waals surface area contributed by atoms with Crippen LogP contribution < -0.4 is 10.6 Å². The number of halogens is 2. The largest absolute Gasteiger partial charge is 0.352 e. The summed E-state index contributed by atoms with van der Waals surface area (Å²) in [6, 6.07) is 10.5. The van der Waals surface area contributed by atoms with Crippen LogP contribution in [0.3, 0.4) is 0 Å². The summed E-state index contributed by atoms with van der Waals surface area (Å²) in [5.74, 6) is -0.941. The van der Waals surface area contributed by atoms with E-state index in [1.54, 1.807) is 30.3 Å². The normalized spacial score (nSPS) is 10.7. The summed E-state index contributed by atoms with van der Waals surface area (Å²) in [4.78, 5) is 23.9. The minimum atomic E-state index is -0.358. The van der Waals surface area contributed by atoms with E-state index in [9.17, 15) is 14.0 Å². The first-order chi connectivity index (χ1) is 12.0. The van der Waals surface area contributed by atoms with E-state index in [4.69, 9.17) is 11.6 Å². The molecule has 2 N–H and O–H groups in total. The van der Waals surface area contributed by atoms with Crippen LogP contribution in [0.2, 0.25) is 5.02 Å². The van der Waals surface area contributed by atoms with Gasteiger partial charge in [-0.1, -0.05) is 30.7 Å². The number of nitrogens with one attached hydrogen (secondary N) is 2. The van der Waals surface area contributed by atoms with Crippen molar-refractivity contribution in [3.63, 3.8) is 0 Å². The molecule has 0 atom stereocenters. The highest BCUT2D eigenvalue weighted by Gasteiger charge is 2.10. The van der Waals surface area contributed by atoms with Crippen LogP contribution in [0.5, 0.6) is 0 Å². The summed E-state index contributed by atoms with van der Waals surface area (Å²) in [5, 5.41) is 5.66. The van der Waals surface area contributed by atoms with E-state index in [0.717, 1.165) is 6.42 Å². The Labute approximate surface area is 150 Å². The number of anilines is 1. The van der Waals surface area contributed by atoms with Gasteiger partial charge in [-0.3, -0.25) is 9.59 Å². The van der Waals surface area contributed by atoms with Gasteiger partial charge in [-0.2, -0.15) is 0 Å². The third-order valence-corrected chi connectivity index (χ3v) is 3.63. The van der Waals surface area contributed by atoms with E-state index < -0.39 is 0 Å². The molecule has 0 aromatic heterocycles. The van der Waals surface area contributed by atoms with Crippen LogP contribution in [0.15, 0.2) is 48.5 Å². The Hall–Kier alpha value is -2.66. The van der Waals surface area contributed by atoms with Gasteiger partial charge in [0.25, 0.3) is 5.91 Å². The lowest BCUT2D eigenvalue weighted by Crippen LogP contribution is -2.24. The number of carbonyl (C=O) groups is 2. The highest BCUT2D eigenvalue weighted by molar-refractivity contribution is 6.34. The summed E-state index contributed by atoms with van der Waals surface area (Å²) in [7, 11) is 0. The van der Waals surface area contributed by atoms with Crippen molar-refractivity contribution in [1.29, 1.82) is 0 Å². The Balaban J connectivity index is 2.00. The SMILES string of the molecule is CCCNC(=O)c1ccc(NC(=O)C=Cc2ccc(F)cc2)cc1Cl. The van der Waals surface area contributed by atoms with Gasteiger partial charge in [-0.25, -0.2) is 4.39 Å². The maximum Gasteiger partial charge on any atom is 0.252 e. The number of benzene rings is 2. The first-order valence-corrected chi connectivity index (χ1v) is 8.19. The van der Waals surface area contributed by atoms with E-state index in [-0.39, 0.29) is 22.7 Å². The molecule has 0 unspecified atom stereocenters. The molecule has 0 spiro atoms. The van der Waals surface area contributed by atoms with Crippen molar-refractivity contribution in [2.45, 2.75) is 13.3 Å². The van der Waals surface area contributed by atoms with Crippen molar-refractivity contribution < 1.29 is 14.0 Å². The van der Waals surface area contributed by atoms with Crippen LogP contribution in [0, 0.1) is 5.82 Å². The van der Waals surface area contributed by atoms with Gasteiger partial charge in [-0.15, -0.1) is 0 Å². The zero-order valence-corrected chi connectivity index (χ0v) is 14.4. The second-order valence-electron chi connectivity index (χ2n) is 5.32. The number of hydrogen-bond donors (Lipinski definition) is 2. The van der Waals surface area contributed by atoms with Gasteiger partial charge in [0.1, 0.15) is 5.82 Å². The highest BCUT2D eigenvalue weighted by Crippen LogP contribution is 2.21. The monoisotopic (exact) mass is 360 g/mol. The van der Waals surface area contributed by atoms with Crippen LogP contribution in [-0.4, -0.2) is 18.4 Å². The summed E-state index contributed by atoms with van der Waals surface area (Å²) in [5.41, 5.74) is 1.54. The molecule has 2 aromatic carbocycles. The number of rotatable bonds is 6. The molecule has 0 aliphatic carbocycles. The van der Waals surface area contributed by atoms with Gasteiger partial charge >= 0.3 is 0 Å². The van der Waals surface area contributed by atoms with E-state index >= 15 is 0 Å². The average molecular weight is 361 g/mol. The maximum absolute atomic E-state index is 12.8. The third kappa shape index (κ3) is 5.72.